The van der Waals surface area contributed by atoms with Gasteiger partial charge in [0.1, 0.15) is 0 Å². The van der Waals surface area contributed by atoms with Gasteiger partial charge >= 0.3 is 5.97 Å². The molecule has 2 nitrogen and oxygen atoms in total. The number of aryl methyl sites for hydroxylation is 1. The molecule has 0 bridgehead atoms. The number of carbonyl (C=O) groups excluding carboxylic acids is 1. The molecule has 0 amide bonds. The molecule has 0 radical (unpaired) electrons. The van der Waals surface area contributed by atoms with Gasteiger partial charge in [0.25, 0.3) is 0 Å². The average molecular weight is 459 g/mol. The number of hydrogen-bond donors (Lipinski definition) is 0. The second-order valence-electron chi connectivity index (χ2n) is 8.81. The van der Waals surface area contributed by atoms with E-state index in [1.807, 2.05) is 11.8 Å². The van der Waals surface area contributed by atoms with Gasteiger partial charge in [0, 0.05) is 9.79 Å². The Bertz CT molecular complexity index is 1130. The topological polar surface area (TPSA) is 26.3 Å². The first kappa shape index (κ1) is 23.6. The largest absolute Gasteiger partial charge is 0.465 e. The second kappa shape index (κ2) is 11.1. The van der Waals surface area contributed by atoms with Crippen molar-refractivity contribution in [2.45, 2.75) is 75.0 Å². The first-order chi connectivity index (χ1) is 16.2. The van der Waals surface area contributed by atoms with Crippen molar-refractivity contribution in [2.24, 2.45) is 0 Å². The van der Waals surface area contributed by atoms with Gasteiger partial charge < -0.3 is 4.74 Å². The summed E-state index contributed by atoms with van der Waals surface area (Å²) < 4.78 is 5.30. The monoisotopic (exact) mass is 458 g/mol. The van der Waals surface area contributed by atoms with Crippen molar-refractivity contribution in [3.05, 3.63) is 71.3 Å². The summed E-state index contributed by atoms with van der Waals surface area (Å²) in [6.45, 7) is 4.46. The Morgan fingerprint density at radius 3 is 1.97 bits per heavy atom. The van der Waals surface area contributed by atoms with E-state index in [2.05, 4.69) is 68.4 Å². The molecule has 3 aromatic carbocycles. The number of fused-ring (bicyclic) bond motifs is 5. The number of hydrogen-bond acceptors (Lipinski definition) is 3. The maximum absolute atomic E-state index is 13.1. The first-order valence-electron chi connectivity index (χ1n) is 12.3. The van der Waals surface area contributed by atoms with E-state index < -0.39 is 0 Å². The van der Waals surface area contributed by atoms with E-state index >= 15 is 0 Å². The van der Waals surface area contributed by atoms with E-state index in [1.165, 1.54) is 57.6 Å². The third kappa shape index (κ3) is 4.89. The van der Waals surface area contributed by atoms with Crippen molar-refractivity contribution < 1.29 is 9.53 Å². The molecule has 0 saturated heterocycles. The third-order valence-electron chi connectivity index (χ3n) is 6.53. The molecule has 1 aliphatic heterocycles. The van der Waals surface area contributed by atoms with E-state index in [9.17, 15) is 4.79 Å². The summed E-state index contributed by atoms with van der Waals surface area (Å²) in [6.07, 6.45) is 8.72. The van der Waals surface area contributed by atoms with Gasteiger partial charge in [-0.1, -0.05) is 87.7 Å². The SMILES string of the molecule is CCCCCc1cc(C(=O)OC)c(CCCCC)c2c1-c1ccccc1Sc1ccccc1-2. The van der Waals surface area contributed by atoms with Gasteiger partial charge in [0.05, 0.1) is 12.7 Å². The average Bonchev–Trinajstić information content (AvgIpc) is 2.99. The summed E-state index contributed by atoms with van der Waals surface area (Å²) >= 11 is 1.84. The normalized spacial score (nSPS) is 11.8. The number of benzene rings is 3. The lowest BCUT2D eigenvalue weighted by atomic mass is 9.81. The standard InChI is InChI=1S/C30H34O2S/c1-4-6-8-14-21-20-25(30(31)32-3)22(15-9-7-5-2)29-24-17-11-13-19-27(24)33-26-18-12-10-16-23(26)28(21)29/h10-13,16-20H,4-9,14-15H2,1-3H3. The predicted octanol–water partition coefficient (Wildman–Crippen LogP) is 8.74. The third-order valence-corrected chi connectivity index (χ3v) is 7.69. The number of ether oxygens (including phenoxy) is 1. The highest BCUT2D eigenvalue weighted by Gasteiger charge is 2.28. The first-order valence-corrected chi connectivity index (χ1v) is 13.1. The Labute approximate surface area is 202 Å². The summed E-state index contributed by atoms with van der Waals surface area (Å²) in [6, 6.07) is 19.6. The van der Waals surface area contributed by atoms with Gasteiger partial charge in [-0.25, -0.2) is 4.79 Å². The molecule has 0 unspecified atom stereocenters. The Balaban J connectivity index is 2.06. The quantitative estimate of drug-likeness (QED) is 0.185. The van der Waals surface area contributed by atoms with E-state index in [0.717, 1.165) is 49.7 Å². The fourth-order valence-electron chi connectivity index (χ4n) is 4.89. The van der Waals surface area contributed by atoms with Crippen molar-refractivity contribution >= 4 is 17.7 Å². The molecule has 0 atom stereocenters. The second-order valence-corrected chi connectivity index (χ2v) is 9.90. The van der Waals surface area contributed by atoms with Crippen LogP contribution in [-0.2, 0) is 17.6 Å². The molecular formula is C30H34O2S. The molecule has 1 aliphatic rings. The molecule has 0 aromatic heterocycles. The van der Waals surface area contributed by atoms with Crippen LogP contribution < -0.4 is 0 Å². The molecule has 0 N–H and O–H groups in total. The smallest absolute Gasteiger partial charge is 0.338 e. The molecular weight excluding hydrogens is 424 g/mol. The molecule has 1 heterocycles. The lowest BCUT2D eigenvalue weighted by molar-refractivity contribution is 0.0599. The van der Waals surface area contributed by atoms with Gasteiger partial charge in [0.15, 0.2) is 0 Å². The zero-order valence-electron chi connectivity index (χ0n) is 20.1. The number of carbonyl (C=O) groups is 1. The molecule has 0 aliphatic carbocycles. The van der Waals surface area contributed by atoms with Crippen LogP contribution in [0.4, 0.5) is 0 Å². The van der Waals surface area contributed by atoms with E-state index in [1.54, 1.807) is 0 Å². The van der Waals surface area contributed by atoms with Gasteiger partial charge in [-0.15, -0.1) is 0 Å². The minimum atomic E-state index is -0.219. The predicted molar refractivity (Wildman–Crippen MR) is 139 cm³/mol. The zero-order valence-corrected chi connectivity index (χ0v) is 20.9. The lowest BCUT2D eigenvalue weighted by Gasteiger charge is -2.22. The molecule has 0 spiro atoms. The van der Waals surface area contributed by atoms with Crippen molar-refractivity contribution in [3.8, 4) is 22.3 Å². The van der Waals surface area contributed by atoms with Crippen LogP contribution in [0, 0.1) is 0 Å². The molecule has 3 heteroatoms. The van der Waals surface area contributed by atoms with E-state index in [-0.39, 0.29) is 5.97 Å². The van der Waals surface area contributed by atoms with Crippen molar-refractivity contribution in [2.75, 3.05) is 7.11 Å². The molecule has 0 saturated carbocycles. The summed E-state index contributed by atoms with van der Waals surface area (Å²) in [4.78, 5) is 15.6. The molecule has 0 fully saturated rings. The van der Waals surface area contributed by atoms with Crippen molar-refractivity contribution in [1.82, 2.24) is 0 Å². The Morgan fingerprint density at radius 2 is 1.36 bits per heavy atom. The fourth-order valence-corrected chi connectivity index (χ4v) is 5.98. The minimum Gasteiger partial charge on any atom is -0.465 e. The summed E-state index contributed by atoms with van der Waals surface area (Å²) in [5, 5.41) is 0. The maximum Gasteiger partial charge on any atom is 0.338 e. The van der Waals surface area contributed by atoms with Gasteiger partial charge in [-0.3, -0.25) is 0 Å². The number of unbranched alkanes of at least 4 members (excludes halogenated alkanes) is 4. The van der Waals surface area contributed by atoms with Crippen LogP contribution in [0.1, 0.15) is 73.9 Å². The Hall–Kier alpha value is -2.52. The highest BCUT2D eigenvalue weighted by Crippen LogP contribution is 2.51. The minimum absolute atomic E-state index is 0.219. The summed E-state index contributed by atoms with van der Waals surface area (Å²) in [7, 11) is 1.50. The maximum atomic E-state index is 13.1. The fraction of sp³-hybridized carbons (Fsp3) is 0.367. The van der Waals surface area contributed by atoms with Crippen molar-refractivity contribution in [3.63, 3.8) is 0 Å². The lowest BCUT2D eigenvalue weighted by Crippen LogP contribution is -2.11. The Morgan fingerprint density at radius 1 is 0.788 bits per heavy atom. The summed E-state index contributed by atoms with van der Waals surface area (Å²) in [5.41, 5.74) is 8.25. The van der Waals surface area contributed by atoms with Gasteiger partial charge in [0.2, 0.25) is 0 Å². The Kier molecular flexibility index (Phi) is 7.93. The van der Waals surface area contributed by atoms with Crippen LogP contribution in [-0.4, -0.2) is 13.1 Å². The van der Waals surface area contributed by atoms with Crippen LogP contribution >= 0.6 is 11.8 Å². The van der Waals surface area contributed by atoms with E-state index in [4.69, 9.17) is 4.74 Å². The molecule has 3 aromatic rings. The van der Waals surface area contributed by atoms with Gasteiger partial charge in [-0.2, -0.15) is 0 Å². The van der Waals surface area contributed by atoms with Crippen LogP contribution in [0.5, 0.6) is 0 Å². The zero-order chi connectivity index (χ0) is 23.2. The molecule has 4 rings (SSSR count). The van der Waals surface area contributed by atoms with Crippen LogP contribution in [0.15, 0.2) is 64.4 Å². The number of esters is 1. The van der Waals surface area contributed by atoms with Crippen LogP contribution in [0.3, 0.4) is 0 Å². The van der Waals surface area contributed by atoms with Crippen molar-refractivity contribution in [1.29, 1.82) is 0 Å². The number of rotatable bonds is 9. The van der Waals surface area contributed by atoms with E-state index in [0.29, 0.717) is 0 Å². The molecule has 172 valence electrons. The molecule has 33 heavy (non-hydrogen) atoms. The number of methoxy groups -OCH3 is 1. The van der Waals surface area contributed by atoms with Crippen LogP contribution in [0.25, 0.3) is 22.3 Å². The highest BCUT2D eigenvalue weighted by molar-refractivity contribution is 7.99. The highest BCUT2D eigenvalue weighted by atomic mass is 32.2. The van der Waals surface area contributed by atoms with Gasteiger partial charge in [-0.05, 0) is 77.3 Å². The van der Waals surface area contributed by atoms with Crippen LogP contribution in [0.2, 0.25) is 0 Å². The summed E-state index contributed by atoms with van der Waals surface area (Å²) in [5.74, 6) is -0.219.